The third-order valence-electron chi connectivity index (χ3n) is 1.28. The van der Waals surface area contributed by atoms with Crippen molar-refractivity contribution < 1.29 is 14.3 Å². The topological polar surface area (TPSA) is 38.7 Å². The first-order valence-corrected chi connectivity index (χ1v) is 7.89. The molecule has 1 N–H and O–H groups in total. The number of rotatable bonds is 6. The monoisotopic (exact) mass is 220 g/mol. The van der Waals surface area contributed by atoms with Gasteiger partial charge in [0.15, 0.2) is 0 Å². The minimum absolute atomic E-state index is 0.175. The lowest BCUT2D eigenvalue weighted by Crippen LogP contribution is -2.35. The number of ether oxygens (including phenoxy) is 1. The summed E-state index contributed by atoms with van der Waals surface area (Å²) in [5.41, 5.74) is 2.61. The largest absolute Gasteiger partial charge is 0.498 e. The Morgan fingerprint density at radius 2 is 2.15 bits per heavy atom. The molecule has 3 nitrogen and oxygen atoms in total. The molecule has 0 bridgehead atoms. The van der Waals surface area contributed by atoms with E-state index in [2.05, 4.69) is 21.0 Å². The lowest BCUT2D eigenvalue weighted by atomic mass is 10.5. The molecule has 0 aliphatic rings. The van der Waals surface area contributed by atoms with Crippen LogP contribution in [0.15, 0.2) is 0 Å². The van der Waals surface area contributed by atoms with Crippen molar-refractivity contribution in [2.24, 2.45) is 0 Å². The molecule has 0 heterocycles. The van der Waals surface area contributed by atoms with Crippen molar-refractivity contribution in [2.45, 2.75) is 19.5 Å². The Balaban J connectivity index is 3.54. The van der Waals surface area contributed by atoms with E-state index in [9.17, 15) is 0 Å². The zero-order valence-electron chi connectivity index (χ0n) is 8.17. The van der Waals surface area contributed by atoms with Gasteiger partial charge in [0.1, 0.15) is 0 Å². The Bertz CT molecular complexity index is 186. The molecular weight excluding hydrogens is 203 g/mol. The van der Waals surface area contributed by atoms with E-state index in [0.717, 1.165) is 0 Å². The van der Waals surface area contributed by atoms with Gasteiger partial charge < -0.3 is 14.3 Å². The Morgan fingerprint density at radius 3 is 2.69 bits per heavy atom. The molecule has 1 atom stereocenters. The number of aliphatic hydroxyl groups is 1. The van der Waals surface area contributed by atoms with Crippen molar-refractivity contribution in [3.8, 4) is 11.8 Å². The van der Waals surface area contributed by atoms with Crippen LogP contribution in [0.2, 0.25) is 13.1 Å². The highest BCUT2D eigenvalue weighted by Crippen LogP contribution is 2.04. The standard InChI is InChI=1S/C8H17O3PSi/c1-13(2,11-6-7-12)8-10-5-3-4-9/h9H,3-5,8,12H2,1-2H3. The molecule has 5 heteroatoms. The van der Waals surface area contributed by atoms with Crippen LogP contribution < -0.4 is 0 Å². The fourth-order valence-corrected chi connectivity index (χ4v) is 1.89. The smallest absolute Gasteiger partial charge is 0.284 e. The van der Waals surface area contributed by atoms with Gasteiger partial charge in [0.25, 0.3) is 8.32 Å². The summed E-state index contributed by atoms with van der Waals surface area (Å²) < 4.78 is 10.7. The van der Waals surface area contributed by atoms with Gasteiger partial charge in [0.2, 0.25) is 0 Å². The van der Waals surface area contributed by atoms with Crippen molar-refractivity contribution in [1.29, 1.82) is 0 Å². The van der Waals surface area contributed by atoms with Gasteiger partial charge in [-0.25, -0.2) is 0 Å². The molecule has 0 radical (unpaired) electrons. The molecule has 1 unspecified atom stereocenters. The van der Waals surface area contributed by atoms with Crippen LogP contribution in [0, 0.1) is 11.8 Å². The van der Waals surface area contributed by atoms with Gasteiger partial charge >= 0.3 is 0 Å². The zero-order valence-corrected chi connectivity index (χ0v) is 10.3. The summed E-state index contributed by atoms with van der Waals surface area (Å²) in [5, 5.41) is 8.51. The molecule has 13 heavy (non-hydrogen) atoms. The van der Waals surface area contributed by atoms with Crippen molar-refractivity contribution in [2.75, 3.05) is 19.4 Å². The number of aliphatic hydroxyl groups excluding tert-OH is 1. The van der Waals surface area contributed by atoms with E-state index in [4.69, 9.17) is 14.3 Å². The molecule has 0 aliphatic carbocycles. The Hall–Kier alpha value is -0.0731. The SMILES string of the molecule is C[Si](C)(COCCCO)OC#CP. The summed E-state index contributed by atoms with van der Waals surface area (Å²) >= 11 is 0. The molecule has 0 aromatic carbocycles. The predicted octanol–water partition coefficient (Wildman–Crippen LogP) is 0.940. The highest BCUT2D eigenvalue weighted by Gasteiger charge is 2.23. The van der Waals surface area contributed by atoms with Crippen molar-refractivity contribution in [3.63, 3.8) is 0 Å². The minimum Gasteiger partial charge on any atom is -0.498 e. The maximum atomic E-state index is 8.51. The molecule has 0 amide bonds. The van der Waals surface area contributed by atoms with Crippen molar-refractivity contribution in [1.82, 2.24) is 0 Å². The molecule has 0 spiro atoms. The minimum atomic E-state index is -1.77. The van der Waals surface area contributed by atoms with E-state index >= 15 is 0 Å². The van der Waals surface area contributed by atoms with E-state index in [1.165, 1.54) is 0 Å². The van der Waals surface area contributed by atoms with Crippen LogP contribution in [0.4, 0.5) is 0 Å². The molecule has 0 fully saturated rings. The van der Waals surface area contributed by atoms with Crippen LogP contribution in [0.5, 0.6) is 0 Å². The summed E-state index contributed by atoms with van der Waals surface area (Å²) in [5.74, 6) is 0. The zero-order chi connectivity index (χ0) is 10.2. The average Bonchev–Trinajstić information content (AvgIpc) is 2.09. The first-order valence-electron chi connectivity index (χ1n) is 4.19. The first-order chi connectivity index (χ1) is 6.12. The van der Waals surface area contributed by atoms with Gasteiger partial charge in [-0.05, 0) is 25.2 Å². The number of hydrogen-bond donors (Lipinski definition) is 1. The van der Waals surface area contributed by atoms with Gasteiger partial charge in [0, 0.05) is 13.2 Å². The van der Waals surface area contributed by atoms with E-state index in [1.54, 1.807) is 0 Å². The first kappa shape index (κ1) is 12.9. The van der Waals surface area contributed by atoms with Crippen LogP contribution in [0.1, 0.15) is 6.42 Å². The number of hydrogen-bond acceptors (Lipinski definition) is 3. The molecule has 0 aliphatic heterocycles. The molecular formula is C8H17O3PSi. The van der Waals surface area contributed by atoms with Crippen LogP contribution in [0.3, 0.4) is 0 Å². The second-order valence-corrected chi connectivity index (χ2v) is 7.54. The Kier molecular flexibility index (Phi) is 7.30. The van der Waals surface area contributed by atoms with Gasteiger partial charge in [-0.15, -0.1) is 0 Å². The summed E-state index contributed by atoms with van der Waals surface area (Å²) in [4.78, 5) is 0. The van der Waals surface area contributed by atoms with Crippen LogP contribution >= 0.6 is 9.24 Å². The summed E-state index contributed by atoms with van der Waals surface area (Å²) in [6.07, 6.45) is 3.87. The molecule has 0 rings (SSSR count). The fourth-order valence-electron chi connectivity index (χ4n) is 0.682. The van der Waals surface area contributed by atoms with Crippen molar-refractivity contribution >= 4 is 17.6 Å². The van der Waals surface area contributed by atoms with Gasteiger partial charge in [-0.2, -0.15) is 0 Å². The maximum Gasteiger partial charge on any atom is 0.284 e. The summed E-state index contributed by atoms with van der Waals surface area (Å²) in [6.45, 7) is 4.85. The predicted molar refractivity (Wildman–Crippen MR) is 58.6 cm³/mol. The van der Waals surface area contributed by atoms with E-state index < -0.39 is 8.32 Å². The van der Waals surface area contributed by atoms with Crippen molar-refractivity contribution in [3.05, 3.63) is 0 Å². The van der Waals surface area contributed by atoms with E-state index in [-0.39, 0.29) is 6.61 Å². The van der Waals surface area contributed by atoms with Crippen LogP contribution in [-0.4, -0.2) is 32.9 Å². The second-order valence-electron chi connectivity index (χ2n) is 3.24. The van der Waals surface area contributed by atoms with Gasteiger partial charge in [0.05, 0.1) is 12.3 Å². The van der Waals surface area contributed by atoms with E-state index in [0.29, 0.717) is 19.3 Å². The highest BCUT2D eigenvalue weighted by atomic mass is 31.0. The summed E-state index contributed by atoms with van der Waals surface area (Å²) in [6, 6.07) is 0. The Morgan fingerprint density at radius 1 is 1.46 bits per heavy atom. The van der Waals surface area contributed by atoms with E-state index in [1.807, 2.05) is 13.1 Å². The van der Waals surface area contributed by atoms with Gasteiger partial charge in [-0.3, -0.25) is 0 Å². The lowest BCUT2D eigenvalue weighted by molar-refractivity contribution is 0.140. The normalized spacial score (nSPS) is 10.5. The maximum absolute atomic E-state index is 8.51. The molecule has 0 saturated carbocycles. The lowest BCUT2D eigenvalue weighted by Gasteiger charge is -2.18. The Labute approximate surface area is 83.1 Å². The molecule has 0 saturated heterocycles. The highest BCUT2D eigenvalue weighted by molar-refractivity contribution is 7.23. The van der Waals surface area contributed by atoms with Crippen LogP contribution in [0.25, 0.3) is 0 Å². The fraction of sp³-hybridized carbons (Fsp3) is 0.750. The summed E-state index contributed by atoms with van der Waals surface area (Å²) in [7, 11) is 0.520. The third-order valence-corrected chi connectivity index (χ3v) is 2.95. The molecule has 76 valence electrons. The third kappa shape index (κ3) is 8.26. The second kappa shape index (κ2) is 7.34. The average molecular weight is 220 g/mol. The molecule has 0 aromatic rings. The molecule has 0 aromatic heterocycles. The van der Waals surface area contributed by atoms with Gasteiger partial charge in [-0.1, -0.05) is 9.24 Å². The quantitative estimate of drug-likeness (QED) is 0.313. The van der Waals surface area contributed by atoms with Crippen LogP contribution in [-0.2, 0) is 9.16 Å².